The van der Waals surface area contributed by atoms with Crippen LogP contribution in [0.1, 0.15) is 71.9 Å². The fourth-order valence-corrected chi connectivity index (χ4v) is 8.45. The largest absolute Gasteiger partial charge is 0.490 e. The SMILES string of the molecule is N#Cc1ccc(C#Cc2ccc(OCCOC(=O)C34CC5CC(C3)CC(C(=O)OCCOc3ccc(C#Cc6ccc(C#N)cc6)cc3)(C5)C4)cc2)cc1. The number of nitriles is 2. The third-order valence-corrected chi connectivity index (χ3v) is 10.5. The summed E-state index contributed by atoms with van der Waals surface area (Å²) in [6.45, 7) is 0.672. The molecule has 0 radical (unpaired) electrons. The van der Waals surface area contributed by atoms with Gasteiger partial charge in [-0.05, 0) is 147 Å². The van der Waals surface area contributed by atoms with E-state index in [1.54, 1.807) is 24.3 Å². The van der Waals surface area contributed by atoms with Crippen LogP contribution in [0.15, 0.2) is 97.1 Å². The van der Waals surface area contributed by atoms with Crippen molar-refractivity contribution in [3.05, 3.63) is 130 Å². The van der Waals surface area contributed by atoms with Crippen LogP contribution in [0.5, 0.6) is 11.5 Å². The lowest BCUT2D eigenvalue weighted by Gasteiger charge is -2.59. The van der Waals surface area contributed by atoms with E-state index in [2.05, 4.69) is 35.8 Å². The van der Waals surface area contributed by atoms with Crippen molar-refractivity contribution in [2.75, 3.05) is 26.4 Å². The number of carbonyl (C=O) groups is 2. The quantitative estimate of drug-likeness (QED) is 0.0950. The van der Waals surface area contributed by atoms with Gasteiger partial charge in [-0.15, -0.1) is 0 Å². The Hall–Kier alpha value is -6.48. The van der Waals surface area contributed by atoms with Gasteiger partial charge in [-0.25, -0.2) is 0 Å². The molecule has 54 heavy (non-hydrogen) atoms. The van der Waals surface area contributed by atoms with Gasteiger partial charge >= 0.3 is 11.9 Å². The number of nitrogens with zero attached hydrogens (tertiary/aromatic N) is 2. The van der Waals surface area contributed by atoms with E-state index in [9.17, 15) is 9.59 Å². The van der Waals surface area contributed by atoms with Gasteiger partial charge in [0.25, 0.3) is 0 Å². The van der Waals surface area contributed by atoms with Gasteiger partial charge in [0, 0.05) is 22.3 Å². The molecule has 4 aliphatic rings. The molecule has 0 heterocycles. The Morgan fingerprint density at radius 3 is 1.15 bits per heavy atom. The molecule has 0 aliphatic heterocycles. The second kappa shape index (κ2) is 16.0. The molecule has 0 saturated heterocycles. The summed E-state index contributed by atoms with van der Waals surface area (Å²) in [7, 11) is 0. The summed E-state index contributed by atoms with van der Waals surface area (Å²) < 4.78 is 23.3. The van der Waals surface area contributed by atoms with Crippen LogP contribution in [-0.2, 0) is 19.1 Å². The van der Waals surface area contributed by atoms with E-state index in [-0.39, 0.29) is 38.4 Å². The number of carbonyl (C=O) groups excluding carboxylic acids is 2. The molecule has 4 aliphatic carbocycles. The molecule has 0 amide bonds. The van der Waals surface area contributed by atoms with Gasteiger partial charge in [-0.2, -0.15) is 10.5 Å². The molecule has 4 saturated carbocycles. The molecule has 0 atom stereocenters. The number of benzene rings is 4. The van der Waals surface area contributed by atoms with Crippen LogP contribution >= 0.6 is 0 Å². The minimum absolute atomic E-state index is 0.121. The van der Waals surface area contributed by atoms with Crippen molar-refractivity contribution in [1.82, 2.24) is 0 Å². The highest BCUT2D eigenvalue weighted by Crippen LogP contribution is 2.66. The Morgan fingerprint density at radius 2 is 0.815 bits per heavy atom. The Kier molecular flexibility index (Phi) is 10.7. The zero-order valence-corrected chi connectivity index (χ0v) is 29.8. The van der Waals surface area contributed by atoms with Gasteiger partial charge in [-0.1, -0.05) is 23.7 Å². The van der Waals surface area contributed by atoms with Crippen LogP contribution in [0.3, 0.4) is 0 Å². The zero-order chi connectivity index (χ0) is 37.4. The third kappa shape index (κ3) is 8.42. The summed E-state index contributed by atoms with van der Waals surface area (Å²) in [5.74, 6) is 13.8. The summed E-state index contributed by atoms with van der Waals surface area (Å²) in [6, 6.07) is 33.2. The van der Waals surface area contributed by atoms with Crippen molar-refractivity contribution in [3.63, 3.8) is 0 Å². The number of hydrogen-bond acceptors (Lipinski definition) is 8. The van der Waals surface area contributed by atoms with E-state index in [1.807, 2.05) is 72.8 Å². The monoisotopic (exact) mass is 714 g/mol. The lowest BCUT2D eigenvalue weighted by Crippen LogP contribution is -2.58. The van der Waals surface area contributed by atoms with Gasteiger partial charge in [0.2, 0.25) is 0 Å². The van der Waals surface area contributed by atoms with Gasteiger partial charge < -0.3 is 18.9 Å². The predicted molar refractivity (Wildman–Crippen MR) is 200 cm³/mol. The Labute approximate surface area is 315 Å². The molecule has 0 aromatic heterocycles. The molecule has 4 bridgehead atoms. The molecule has 8 heteroatoms. The van der Waals surface area contributed by atoms with Gasteiger partial charge in [-0.3, -0.25) is 9.59 Å². The Bertz CT molecular complexity index is 2040. The van der Waals surface area contributed by atoms with Crippen molar-refractivity contribution in [2.45, 2.75) is 38.5 Å². The number of rotatable bonds is 10. The summed E-state index contributed by atoms with van der Waals surface area (Å²) in [4.78, 5) is 27.2. The predicted octanol–water partition coefficient (Wildman–Crippen LogP) is 7.36. The molecule has 8 rings (SSSR count). The molecular weight excluding hydrogens is 677 g/mol. The molecule has 0 spiro atoms. The van der Waals surface area contributed by atoms with Crippen LogP contribution in [0, 0.1) is 69.0 Å². The lowest BCUT2D eigenvalue weighted by molar-refractivity contribution is -0.194. The van der Waals surface area contributed by atoms with E-state index >= 15 is 0 Å². The first kappa shape index (κ1) is 35.9. The van der Waals surface area contributed by atoms with Crippen molar-refractivity contribution in [1.29, 1.82) is 10.5 Å². The van der Waals surface area contributed by atoms with Crippen molar-refractivity contribution in [3.8, 4) is 47.3 Å². The second-order valence-corrected chi connectivity index (χ2v) is 14.4. The smallest absolute Gasteiger partial charge is 0.312 e. The van der Waals surface area contributed by atoms with E-state index in [0.29, 0.717) is 40.9 Å². The molecule has 268 valence electrons. The fourth-order valence-electron chi connectivity index (χ4n) is 8.45. The normalized spacial score (nSPS) is 21.5. The van der Waals surface area contributed by atoms with Crippen molar-refractivity contribution < 1.29 is 28.5 Å². The van der Waals surface area contributed by atoms with Crippen molar-refractivity contribution >= 4 is 11.9 Å². The molecular formula is C46H38N2O6. The maximum absolute atomic E-state index is 13.6. The third-order valence-electron chi connectivity index (χ3n) is 10.5. The first-order chi connectivity index (χ1) is 26.3. The molecule has 4 fully saturated rings. The molecule has 4 aromatic carbocycles. The Morgan fingerprint density at radius 1 is 0.500 bits per heavy atom. The number of ether oxygens (including phenoxy) is 4. The molecule has 8 nitrogen and oxygen atoms in total. The zero-order valence-electron chi connectivity index (χ0n) is 29.8. The molecule has 0 N–H and O–H groups in total. The number of esters is 2. The first-order valence-corrected chi connectivity index (χ1v) is 18.2. The lowest BCUT2D eigenvalue weighted by atomic mass is 9.44. The van der Waals surface area contributed by atoms with Crippen LogP contribution in [-0.4, -0.2) is 38.4 Å². The molecule has 4 aromatic rings. The molecule has 0 unspecified atom stereocenters. The minimum Gasteiger partial charge on any atom is -0.490 e. The number of hydrogen-bond donors (Lipinski definition) is 0. The van der Waals surface area contributed by atoms with E-state index < -0.39 is 10.8 Å². The van der Waals surface area contributed by atoms with Gasteiger partial charge in [0.15, 0.2) is 0 Å². The average molecular weight is 715 g/mol. The van der Waals surface area contributed by atoms with E-state index in [0.717, 1.165) is 54.4 Å². The van der Waals surface area contributed by atoms with Crippen LogP contribution in [0.2, 0.25) is 0 Å². The highest BCUT2D eigenvalue weighted by Gasteiger charge is 2.64. The summed E-state index contributed by atoms with van der Waals surface area (Å²) >= 11 is 0. The van der Waals surface area contributed by atoms with Crippen LogP contribution < -0.4 is 9.47 Å². The highest BCUT2D eigenvalue weighted by molar-refractivity contribution is 5.83. The average Bonchev–Trinajstić information content (AvgIpc) is 3.20. The van der Waals surface area contributed by atoms with Crippen molar-refractivity contribution in [2.24, 2.45) is 22.7 Å². The summed E-state index contributed by atoms with van der Waals surface area (Å²) in [5, 5.41) is 17.9. The second-order valence-electron chi connectivity index (χ2n) is 14.4. The highest BCUT2D eigenvalue weighted by atomic mass is 16.6. The topological polar surface area (TPSA) is 119 Å². The van der Waals surface area contributed by atoms with E-state index in [1.165, 1.54) is 0 Å². The maximum atomic E-state index is 13.6. The van der Waals surface area contributed by atoms with Gasteiger partial charge in [0.1, 0.15) is 37.9 Å². The fraction of sp³-hybridized carbons (Fsp3) is 0.304. The van der Waals surface area contributed by atoms with E-state index in [4.69, 9.17) is 29.5 Å². The first-order valence-electron chi connectivity index (χ1n) is 18.2. The van der Waals surface area contributed by atoms with Gasteiger partial charge in [0.05, 0.1) is 34.1 Å². The minimum atomic E-state index is -0.667. The summed E-state index contributed by atoms with van der Waals surface area (Å²) in [6.07, 6.45) is 4.50. The standard InChI is InChI=1S/C46H38N2O6/c47-30-37-9-5-33(6-10-37)1-3-35-13-17-41(18-14-35)51-21-23-53-43(49)45-26-39-25-40(27-45)29-46(28-39,32-45)44(50)54-24-22-52-42-19-15-36(16-20-42)4-2-34-7-11-38(31-48)12-8-34/h5-20,39-40H,21-29,32H2. The van der Waals surface area contributed by atoms with Crippen LogP contribution in [0.25, 0.3) is 0 Å². The summed E-state index contributed by atoms with van der Waals surface area (Å²) in [5.41, 5.74) is 3.17. The van der Waals surface area contributed by atoms with Crippen LogP contribution in [0.4, 0.5) is 0 Å². The maximum Gasteiger partial charge on any atom is 0.312 e. The Balaban J connectivity index is 0.855.